The van der Waals surface area contributed by atoms with Crippen LogP contribution in [0.4, 0.5) is 0 Å². The Hall–Kier alpha value is -1.35. The van der Waals surface area contributed by atoms with Gasteiger partial charge in [0.1, 0.15) is 0 Å². The van der Waals surface area contributed by atoms with Crippen molar-refractivity contribution in [3.8, 4) is 0 Å². The van der Waals surface area contributed by atoms with E-state index in [9.17, 15) is 4.79 Å². The van der Waals surface area contributed by atoms with Crippen molar-refractivity contribution in [3.63, 3.8) is 0 Å². The number of hydrogen-bond donors (Lipinski definition) is 1. The van der Waals surface area contributed by atoms with Gasteiger partial charge in [0, 0.05) is 13.1 Å². The standard InChI is InChI=1S/C16H26N2O/c1-5-18(6-2)16(19)14(9-10-17)15-11-12(3)7-8-13(15)4/h7-8,11,14H,5-6,9-10,17H2,1-4H3. The number of benzene rings is 1. The summed E-state index contributed by atoms with van der Waals surface area (Å²) < 4.78 is 0. The number of carbonyl (C=O) groups is 1. The second-order valence-electron chi connectivity index (χ2n) is 5.00. The first-order valence-corrected chi connectivity index (χ1v) is 7.11. The quantitative estimate of drug-likeness (QED) is 0.856. The molecule has 0 aliphatic rings. The highest BCUT2D eigenvalue weighted by molar-refractivity contribution is 5.84. The molecular weight excluding hydrogens is 236 g/mol. The Labute approximate surface area is 116 Å². The van der Waals surface area contributed by atoms with E-state index < -0.39 is 0 Å². The number of hydrogen-bond acceptors (Lipinski definition) is 2. The van der Waals surface area contributed by atoms with Gasteiger partial charge in [0.25, 0.3) is 0 Å². The monoisotopic (exact) mass is 262 g/mol. The Morgan fingerprint density at radius 1 is 1.26 bits per heavy atom. The molecule has 1 amide bonds. The maximum Gasteiger partial charge on any atom is 0.230 e. The average molecular weight is 262 g/mol. The lowest BCUT2D eigenvalue weighted by atomic mass is 9.89. The SMILES string of the molecule is CCN(CC)C(=O)C(CCN)c1cc(C)ccc1C. The van der Waals surface area contributed by atoms with Gasteiger partial charge >= 0.3 is 0 Å². The van der Waals surface area contributed by atoms with Crippen molar-refractivity contribution < 1.29 is 4.79 Å². The van der Waals surface area contributed by atoms with Crippen LogP contribution >= 0.6 is 0 Å². The number of carbonyl (C=O) groups excluding carboxylic acids is 1. The molecule has 3 heteroatoms. The van der Waals surface area contributed by atoms with Crippen molar-refractivity contribution in [2.75, 3.05) is 19.6 Å². The van der Waals surface area contributed by atoms with E-state index in [0.29, 0.717) is 13.0 Å². The predicted octanol–water partition coefficient (Wildman–Crippen LogP) is 2.60. The summed E-state index contributed by atoms with van der Waals surface area (Å²) in [5.74, 6) is 0.0916. The van der Waals surface area contributed by atoms with Gasteiger partial charge in [-0.05, 0) is 51.8 Å². The van der Waals surface area contributed by atoms with E-state index in [4.69, 9.17) is 5.73 Å². The molecule has 1 rings (SSSR count). The van der Waals surface area contributed by atoms with E-state index in [-0.39, 0.29) is 11.8 Å². The molecule has 0 aliphatic heterocycles. The maximum atomic E-state index is 12.6. The number of nitrogens with two attached hydrogens (primary N) is 1. The summed E-state index contributed by atoms with van der Waals surface area (Å²) in [6.45, 7) is 10.2. The molecule has 0 aliphatic carbocycles. The zero-order valence-corrected chi connectivity index (χ0v) is 12.6. The number of likely N-dealkylation sites (N-methyl/N-ethyl adjacent to an activating group) is 1. The minimum absolute atomic E-state index is 0.107. The fourth-order valence-corrected chi connectivity index (χ4v) is 2.47. The van der Waals surface area contributed by atoms with Gasteiger partial charge in [0.15, 0.2) is 0 Å². The molecule has 3 nitrogen and oxygen atoms in total. The number of rotatable bonds is 6. The highest BCUT2D eigenvalue weighted by Crippen LogP contribution is 2.26. The second-order valence-corrected chi connectivity index (χ2v) is 5.00. The predicted molar refractivity (Wildman–Crippen MR) is 80.3 cm³/mol. The van der Waals surface area contributed by atoms with Crippen molar-refractivity contribution in [2.24, 2.45) is 5.73 Å². The van der Waals surface area contributed by atoms with E-state index >= 15 is 0 Å². The van der Waals surface area contributed by atoms with E-state index in [0.717, 1.165) is 18.7 Å². The van der Waals surface area contributed by atoms with Crippen molar-refractivity contribution >= 4 is 5.91 Å². The lowest BCUT2D eigenvalue weighted by Gasteiger charge is -2.26. The van der Waals surface area contributed by atoms with Crippen LogP contribution in [0.25, 0.3) is 0 Å². The van der Waals surface area contributed by atoms with Crippen LogP contribution in [0.1, 0.15) is 42.9 Å². The zero-order chi connectivity index (χ0) is 14.4. The van der Waals surface area contributed by atoms with E-state index in [1.165, 1.54) is 11.1 Å². The largest absolute Gasteiger partial charge is 0.343 e. The summed E-state index contributed by atoms with van der Waals surface area (Å²) in [7, 11) is 0. The van der Waals surface area contributed by atoms with Gasteiger partial charge in [0.05, 0.1) is 5.92 Å². The van der Waals surface area contributed by atoms with Gasteiger partial charge in [-0.25, -0.2) is 0 Å². The summed E-state index contributed by atoms with van der Waals surface area (Å²) in [6, 6.07) is 6.29. The van der Waals surface area contributed by atoms with Gasteiger partial charge < -0.3 is 10.6 Å². The lowest BCUT2D eigenvalue weighted by molar-refractivity contribution is -0.132. The molecule has 1 aromatic carbocycles. The first-order valence-electron chi connectivity index (χ1n) is 7.11. The zero-order valence-electron chi connectivity index (χ0n) is 12.6. The van der Waals surface area contributed by atoms with Crippen molar-refractivity contribution in [1.82, 2.24) is 4.90 Å². The maximum absolute atomic E-state index is 12.6. The summed E-state index contributed by atoms with van der Waals surface area (Å²) >= 11 is 0. The minimum atomic E-state index is -0.107. The Kier molecular flexibility index (Phi) is 6.03. The van der Waals surface area contributed by atoms with Crippen LogP contribution in [-0.2, 0) is 4.79 Å². The van der Waals surface area contributed by atoms with Crippen LogP contribution in [0.5, 0.6) is 0 Å². The molecule has 0 heterocycles. The van der Waals surface area contributed by atoms with Crippen molar-refractivity contribution in [2.45, 2.75) is 40.0 Å². The summed E-state index contributed by atoms with van der Waals surface area (Å²) in [6.07, 6.45) is 0.708. The van der Waals surface area contributed by atoms with Crippen LogP contribution in [0.3, 0.4) is 0 Å². The minimum Gasteiger partial charge on any atom is -0.343 e. The summed E-state index contributed by atoms with van der Waals surface area (Å²) in [5.41, 5.74) is 9.19. The van der Waals surface area contributed by atoms with Crippen LogP contribution < -0.4 is 5.73 Å². The third-order valence-corrected chi connectivity index (χ3v) is 3.64. The lowest BCUT2D eigenvalue weighted by Crippen LogP contribution is -2.36. The van der Waals surface area contributed by atoms with Crippen LogP contribution in [0.15, 0.2) is 18.2 Å². The first kappa shape index (κ1) is 15.7. The Morgan fingerprint density at radius 2 is 1.89 bits per heavy atom. The molecule has 1 unspecified atom stereocenters. The molecule has 0 fully saturated rings. The Morgan fingerprint density at radius 3 is 2.42 bits per heavy atom. The van der Waals surface area contributed by atoms with E-state index in [1.807, 2.05) is 18.7 Å². The summed E-state index contributed by atoms with van der Waals surface area (Å²) in [4.78, 5) is 14.5. The molecule has 106 valence electrons. The average Bonchev–Trinajstić information content (AvgIpc) is 2.40. The number of aryl methyl sites for hydroxylation is 2. The van der Waals surface area contributed by atoms with Crippen LogP contribution in [0.2, 0.25) is 0 Å². The van der Waals surface area contributed by atoms with Crippen molar-refractivity contribution in [3.05, 3.63) is 34.9 Å². The normalized spacial score (nSPS) is 12.3. The van der Waals surface area contributed by atoms with Gasteiger partial charge in [-0.2, -0.15) is 0 Å². The molecule has 1 aromatic rings. The fraction of sp³-hybridized carbons (Fsp3) is 0.562. The molecule has 0 saturated carbocycles. The van der Waals surface area contributed by atoms with E-state index in [1.54, 1.807) is 0 Å². The first-order chi connectivity index (χ1) is 9.04. The second kappa shape index (κ2) is 7.29. The molecular formula is C16H26N2O. The molecule has 19 heavy (non-hydrogen) atoms. The van der Waals surface area contributed by atoms with Gasteiger partial charge in [-0.3, -0.25) is 4.79 Å². The molecule has 0 saturated heterocycles. The molecule has 0 spiro atoms. The fourth-order valence-electron chi connectivity index (χ4n) is 2.47. The molecule has 1 atom stereocenters. The highest BCUT2D eigenvalue weighted by atomic mass is 16.2. The van der Waals surface area contributed by atoms with E-state index in [2.05, 4.69) is 32.0 Å². The van der Waals surface area contributed by atoms with Crippen LogP contribution in [-0.4, -0.2) is 30.4 Å². The van der Waals surface area contributed by atoms with Gasteiger partial charge in [0.2, 0.25) is 5.91 Å². The Bertz CT molecular complexity index is 425. The van der Waals surface area contributed by atoms with Gasteiger partial charge in [-0.15, -0.1) is 0 Å². The number of amides is 1. The van der Waals surface area contributed by atoms with Crippen LogP contribution in [0, 0.1) is 13.8 Å². The molecule has 0 aromatic heterocycles. The topological polar surface area (TPSA) is 46.3 Å². The highest BCUT2D eigenvalue weighted by Gasteiger charge is 2.25. The Balaban J connectivity index is 3.12. The smallest absolute Gasteiger partial charge is 0.230 e. The van der Waals surface area contributed by atoms with Crippen molar-refractivity contribution in [1.29, 1.82) is 0 Å². The molecule has 2 N–H and O–H groups in total. The van der Waals surface area contributed by atoms with Gasteiger partial charge in [-0.1, -0.05) is 23.8 Å². The third kappa shape index (κ3) is 3.80. The summed E-state index contributed by atoms with van der Waals surface area (Å²) in [5, 5.41) is 0. The molecule has 0 bridgehead atoms. The molecule has 0 radical (unpaired) electrons. The number of nitrogens with zero attached hydrogens (tertiary/aromatic N) is 1. The third-order valence-electron chi connectivity index (χ3n) is 3.64.